The third-order valence-corrected chi connectivity index (χ3v) is 5.03. The molecule has 3 heterocycles. The second-order valence-electron chi connectivity index (χ2n) is 6.78. The number of nitrogens with zero attached hydrogens (tertiary/aromatic N) is 4. The van der Waals surface area contributed by atoms with Crippen LogP contribution in [-0.2, 0) is 4.79 Å². The van der Waals surface area contributed by atoms with Crippen molar-refractivity contribution in [2.75, 3.05) is 24.5 Å². The first-order valence-corrected chi connectivity index (χ1v) is 9.25. The van der Waals surface area contributed by atoms with Gasteiger partial charge in [-0.05, 0) is 47.2 Å². The lowest BCUT2D eigenvalue weighted by Crippen LogP contribution is -2.31. The Labute approximate surface area is 171 Å². The van der Waals surface area contributed by atoms with Crippen molar-refractivity contribution in [2.24, 2.45) is 0 Å². The van der Waals surface area contributed by atoms with Crippen molar-refractivity contribution in [3.8, 4) is 17.2 Å². The largest absolute Gasteiger partial charge is 0.495 e. The van der Waals surface area contributed by atoms with Crippen molar-refractivity contribution in [3.63, 3.8) is 0 Å². The molecule has 0 spiro atoms. The molecule has 2 aromatic carbocycles. The highest BCUT2D eigenvalue weighted by Gasteiger charge is 2.35. The molecule has 0 radical (unpaired) electrons. The normalized spacial score (nSPS) is 16.7. The Morgan fingerprint density at radius 2 is 2.07 bits per heavy atom. The monoisotopic (exact) mass is 406 g/mol. The molecule has 1 amide bonds. The molecule has 1 atom stereocenters. The van der Waals surface area contributed by atoms with Gasteiger partial charge in [0.25, 0.3) is 5.91 Å². The zero-order valence-electron chi connectivity index (χ0n) is 16.2. The summed E-state index contributed by atoms with van der Waals surface area (Å²) in [4.78, 5) is 13.4. The van der Waals surface area contributed by atoms with Gasteiger partial charge in [0.05, 0.1) is 18.4 Å². The van der Waals surface area contributed by atoms with Crippen LogP contribution in [0.25, 0.3) is 0 Å². The number of hydrogen-bond donors (Lipinski definition) is 2. The lowest BCUT2D eigenvalue weighted by atomic mass is 9.94. The van der Waals surface area contributed by atoms with E-state index in [1.54, 1.807) is 23.9 Å². The molecule has 0 bridgehead atoms. The number of rotatable bonds is 4. The quantitative estimate of drug-likeness (QED) is 0.679. The molecule has 1 aromatic heterocycles. The molecule has 10 nitrogen and oxygen atoms in total. The first-order valence-electron chi connectivity index (χ1n) is 9.25. The van der Waals surface area contributed by atoms with Crippen LogP contribution in [0.2, 0.25) is 0 Å². The molecule has 152 valence electrons. The van der Waals surface area contributed by atoms with Gasteiger partial charge in [0.1, 0.15) is 11.8 Å². The molecule has 1 unspecified atom stereocenters. The number of tetrazole rings is 1. The van der Waals surface area contributed by atoms with Crippen LogP contribution >= 0.6 is 0 Å². The fourth-order valence-electron chi connectivity index (χ4n) is 3.64. The van der Waals surface area contributed by atoms with E-state index in [0.29, 0.717) is 40.2 Å². The number of ether oxygens (including phenoxy) is 3. The van der Waals surface area contributed by atoms with Gasteiger partial charge in [0.15, 0.2) is 11.5 Å². The molecular formula is C20H18N6O4. The van der Waals surface area contributed by atoms with Gasteiger partial charge < -0.3 is 24.8 Å². The second-order valence-corrected chi connectivity index (χ2v) is 6.78. The molecule has 30 heavy (non-hydrogen) atoms. The van der Waals surface area contributed by atoms with Crippen molar-refractivity contribution in [1.82, 2.24) is 20.2 Å². The number of hydrogen-bond acceptors (Lipinski definition) is 8. The molecular weight excluding hydrogens is 388 g/mol. The standard InChI is InChI=1S/C20H18N6O4/c1-11-17(19(27)22-13-5-3-4-6-14(13)28-2)18(26-20(21-11)23-24-25-26)12-7-8-15-16(9-12)30-10-29-15/h3-9,18H,10H2,1-2H3,(H,22,27)(H,21,23,25). The van der Waals surface area contributed by atoms with Gasteiger partial charge in [0.2, 0.25) is 12.7 Å². The van der Waals surface area contributed by atoms with E-state index in [9.17, 15) is 4.79 Å². The Balaban J connectivity index is 1.57. The minimum absolute atomic E-state index is 0.164. The van der Waals surface area contributed by atoms with Crippen LogP contribution in [0.4, 0.5) is 11.6 Å². The number of fused-ring (bicyclic) bond motifs is 2. The first kappa shape index (κ1) is 18.0. The van der Waals surface area contributed by atoms with Gasteiger partial charge in [0, 0.05) is 5.70 Å². The Morgan fingerprint density at radius 1 is 1.23 bits per heavy atom. The summed E-state index contributed by atoms with van der Waals surface area (Å²) in [5.74, 6) is 1.99. The van der Waals surface area contributed by atoms with E-state index in [1.165, 1.54) is 0 Å². The SMILES string of the molecule is COc1ccccc1NC(=O)C1=C(C)Nc2nnnn2C1c1ccc2c(c1)OCO2. The molecule has 0 saturated carbocycles. The van der Waals surface area contributed by atoms with Crippen LogP contribution in [0.3, 0.4) is 0 Å². The molecule has 3 aromatic rings. The number of carbonyl (C=O) groups excluding carboxylic acids is 1. The highest BCUT2D eigenvalue weighted by atomic mass is 16.7. The highest BCUT2D eigenvalue weighted by Crippen LogP contribution is 2.40. The summed E-state index contributed by atoms with van der Waals surface area (Å²) in [6.07, 6.45) is 0. The maximum atomic E-state index is 13.4. The Morgan fingerprint density at radius 3 is 2.93 bits per heavy atom. The summed E-state index contributed by atoms with van der Waals surface area (Å²) in [5, 5.41) is 17.9. The van der Waals surface area contributed by atoms with Gasteiger partial charge in [-0.1, -0.05) is 23.3 Å². The number of allylic oxidation sites excluding steroid dienone is 1. The van der Waals surface area contributed by atoms with Crippen LogP contribution in [0.15, 0.2) is 53.7 Å². The summed E-state index contributed by atoms with van der Waals surface area (Å²) in [6, 6.07) is 12.2. The summed E-state index contributed by atoms with van der Waals surface area (Å²) < 4.78 is 17.8. The molecule has 10 heteroatoms. The number of aromatic nitrogens is 4. The Bertz CT molecular complexity index is 1170. The lowest BCUT2D eigenvalue weighted by molar-refractivity contribution is -0.113. The average molecular weight is 406 g/mol. The minimum atomic E-state index is -0.555. The molecule has 2 aliphatic heterocycles. The fraction of sp³-hybridized carbons (Fsp3) is 0.200. The highest BCUT2D eigenvalue weighted by molar-refractivity contribution is 6.06. The van der Waals surface area contributed by atoms with E-state index in [2.05, 4.69) is 26.2 Å². The van der Waals surface area contributed by atoms with Gasteiger partial charge in [-0.2, -0.15) is 4.68 Å². The smallest absolute Gasteiger partial charge is 0.255 e. The zero-order chi connectivity index (χ0) is 20.7. The van der Waals surface area contributed by atoms with Gasteiger partial charge in [-0.25, -0.2) is 0 Å². The lowest BCUT2D eigenvalue weighted by Gasteiger charge is -2.28. The molecule has 5 rings (SSSR count). The van der Waals surface area contributed by atoms with Crippen molar-refractivity contribution in [2.45, 2.75) is 13.0 Å². The summed E-state index contributed by atoms with van der Waals surface area (Å²) >= 11 is 0. The summed E-state index contributed by atoms with van der Waals surface area (Å²) in [5.41, 5.74) is 2.48. The zero-order valence-corrected chi connectivity index (χ0v) is 16.2. The van der Waals surface area contributed by atoms with Crippen molar-refractivity contribution in [3.05, 3.63) is 59.3 Å². The number of para-hydroxylation sites is 2. The summed E-state index contributed by atoms with van der Waals surface area (Å²) in [6.45, 7) is 1.98. The van der Waals surface area contributed by atoms with Gasteiger partial charge in [-0.15, -0.1) is 0 Å². The van der Waals surface area contributed by atoms with Crippen LogP contribution in [0, 0.1) is 0 Å². The van der Waals surface area contributed by atoms with E-state index >= 15 is 0 Å². The Kier molecular flexibility index (Phi) is 4.24. The first-order chi connectivity index (χ1) is 14.7. The third kappa shape index (κ3) is 2.89. The second kappa shape index (κ2) is 7.07. The number of anilines is 2. The van der Waals surface area contributed by atoms with Crippen LogP contribution in [-0.4, -0.2) is 40.0 Å². The summed E-state index contributed by atoms with van der Waals surface area (Å²) in [7, 11) is 1.56. The number of benzene rings is 2. The predicted octanol–water partition coefficient (Wildman–Crippen LogP) is 2.34. The number of carbonyl (C=O) groups is 1. The van der Waals surface area contributed by atoms with Crippen LogP contribution < -0.4 is 24.8 Å². The van der Waals surface area contributed by atoms with E-state index in [4.69, 9.17) is 14.2 Å². The van der Waals surface area contributed by atoms with Crippen LogP contribution in [0.1, 0.15) is 18.5 Å². The topological polar surface area (TPSA) is 112 Å². The fourth-order valence-corrected chi connectivity index (χ4v) is 3.64. The van der Waals surface area contributed by atoms with E-state index in [1.807, 2.05) is 37.3 Å². The average Bonchev–Trinajstić information content (AvgIpc) is 3.41. The maximum absolute atomic E-state index is 13.4. The van der Waals surface area contributed by atoms with Gasteiger partial charge in [-0.3, -0.25) is 4.79 Å². The van der Waals surface area contributed by atoms with Gasteiger partial charge >= 0.3 is 0 Å². The maximum Gasteiger partial charge on any atom is 0.255 e. The molecule has 0 saturated heterocycles. The van der Waals surface area contributed by atoms with E-state index in [-0.39, 0.29) is 12.7 Å². The van der Waals surface area contributed by atoms with Crippen molar-refractivity contribution < 1.29 is 19.0 Å². The van der Waals surface area contributed by atoms with Crippen molar-refractivity contribution in [1.29, 1.82) is 0 Å². The number of amides is 1. The Hall–Kier alpha value is -4.08. The number of methoxy groups -OCH3 is 1. The van der Waals surface area contributed by atoms with Crippen molar-refractivity contribution >= 4 is 17.5 Å². The molecule has 2 aliphatic rings. The molecule has 0 aliphatic carbocycles. The number of nitrogens with one attached hydrogen (secondary N) is 2. The molecule has 0 fully saturated rings. The van der Waals surface area contributed by atoms with E-state index in [0.717, 1.165) is 5.56 Å². The molecule has 2 N–H and O–H groups in total. The third-order valence-electron chi connectivity index (χ3n) is 5.03. The van der Waals surface area contributed by atoms with E-state index < -0.39 is 6.04 Å². The minimum Gasteiger partial charge on any atom is -0.495 e. The van der Waals surface area contributed by atoms with Crippen LogP contribution in [0.5, 0.6) is 17.2 Å². The predicted molar refractivity (Wildman–Crippen MR) is 106 cm³/mol.